The van der Waals surface area contributed by atoms with E-state index in [0.29, 0.717) is 12.8 Å². The van der Waals surface area contributed by atoms with Crippen molar-refractivity contribution in [3.63, 3.8) is 0 Å². The fourth-order valence-electron chi connectivity index (χ4n) is 3.44. The van der Waals surface area contributed by atoms with E-state index in [2.05, 4.69) is 11.4 Å². The Morgan fingerprint density at radius 3 is 2.61 bits per heavy atom. The van der Waals surface area contributed by atoms with Crippen LogP contribution in [0.2, 0.25) is 0 Å². The van der Waals surface area contributed by atoms with E-state index >= 15 is 0 Å². The first-order valence-electron chi connectivity index (χ1n) is 9.56. The number of carbonyl (C=O) groups is 2. The molecule has 1 saturated carbocycles. The lowest BCUT2D eigenvalue weighted by Crippen LogP contribution is -2.52. The van der Waals surface area contributed by atoms with Crippen LogP contribution in [0, 0.1) is 11.3 Å². The molecule has 1 N–H and O–H groups in total. The third-order valence-electron chi connectivity index (χ3n) is 5.04. The van der Waals surface area contributed by atoms with Crippen molar-refractivity contribution in [1.29, 1.82) is 5.26 Å². The summed E-state index contributed by atoms with van der Waals surface area (Å²) < 4.78 is 5.27. The normalized spacial score (nSPS) is 16.7. The standard InChI is InChI=1S/C22H24N2O3S/c1-16(21(26)24-22(15-23)11-5-2-6-12-22)27-20(25)14-28-19-10-9-17-7-3-4-8-18(17)13-19/h3-4,7-10,13,16H,2,5-6,11-12,14H2,1H3,(H,24,26)/t16-/m0/s1. The number of nitrogens with zero attached hydrogens (tertiary/aromatic N) is 1. The van der Waals surface area contributed by atoms with Gasteiger partial charge in [0.1, 0.15) is 5.54 Å². The lowest BCUT2D eigenvalue weighted by molar-refractivity contribution is -0.152. The maximum Gasteiger partial charge on any atom is 0.317 e. The third kappa shape index (κ3) is 5.05. The molecule has 0 aromatic heterocycles. The molecule has 0 aliphatic heterocycles. The highest BCUT2D eigenvalue weighted by Gasteiger charge is 2.35. The number of thioether (sulfide) groups is 1. The van der Waals surface area contributed by atoms with Gasteiger partial charge in [-0.05, 0) is 42.7 Å². The van der Waals surface area contributed by atoms with Crippen LogP contribution in [0.3, 0.4) is 0 Å². The average Bonchev–Trinajstić information content (AvgIpc) is 2.72. The van der Waals surface area contributed by atoms with Gasteiger partial charge in [0.2, 0.25) is 0 Å². The second-order valence-corrected chi connectivity index (χ2v) is 8.22. The Morgan fingerprint density at radius 2 is 1.89 bits per heavy atom. The minimum atomic E-state index is -0.920. The largest absolute Gasteiger partial charge is 0.452 e. The summed E-state index contributed by atoms with van der Waals surface area (Å²) in [6.45, 7) is 1.54. The van der Waals surface area contributed by atoms with Crippen LogP contribution >= 0.6 is 11.8 Å². The zero-order valence-corrected chi connectivity index (χ0v) is 16.8. The maximum atomic E-state index is 12.4. The molecule has 5 nitrogen and oxygen atoms in total. The third-order valence-corrected chi connectivity index (χ3v) is 6.01. The van der Waals surface area contributed by atoms with Crippen LogP contribution in [0.4, 0.5) is 0 Å². The number of carbonyl (C=O) groups excluding carboxylic acids is 2. The highest BCUT2D eigenvalue weighted by Crippen LogP contribution is 2.28. The summed E-state index contributed by atoms with van der Waals surface area (Å²) in [5.41, 5.74) is -0.824. The molecule has 3 rings (SSSR count). The summed E-state index contributed by atoms with van der Waals surface area (Å²) in [5.74, 6) is -0.734. The molecule has 0 bridgehead atoms. The second kappa shape index (κ2) is 9.11. The number of esters is 1. The molecule has 2 aromatic rings. The predicted molar refractivity (Wildman–Crippen MR) is 110 cm³/mol. The molecule has 6 heteroatoms. The molecular formula is C22H24N2O3S. The summed E-state index contributed by atoms with van der Waals surface area (Å²) in [6, 6.07) is 16.3. The molecule has 1 amide bonds. The van der Waals surface area contributed by atoms with E-state index in [-0.39, 0.29) is 5.75 Å². The van der Waals surface area contributed by atoms with Gasteiger partial charge in [0.25, 0.3) is 5.91 Å². The average molecular weight is 397 g/mol. The maximum absolute atomic E-state index is 12.4. The zero-order valence-electron chi connectivity index (χ0n) is 15.9. The minimum Gasteiger partial charge on any atom is -0.452 e. The van der Waals surface area contributed by atoms with E-state index < -0.39 is 23.5 Å². The van der Waals surface area contributed by atoms with E-state index in [0.717, 1.165) is 34.9 Å². The summed E-state index contributed by atoms with van der Waals surface area (Å²) in [6.07, 6.45) is 3.29. The Hall–Kier alpha value is -2.52. The lowest BCUT2D eigenvalue weighted by atomic mass is 9.83. The van der Waals surface area contributed by atoms with Gasteiger partial charge < -0.3 is 10.1 Å². The Kier molecular flexibility index (Phi) is 6.58. The molecule has 28 heavy (non-hydrogen) atoms. The number of benzene rings is 2. The van der Waals surface area contributed by atoms with Gasteiger partial charge in [-0.1, -0.05) is 49.6 Å². The van der Waals surface area contributed by atoms with E-state index in [9.17, 15) is 14.9 Å². The predicted octanol–water partition coefficient (Wildman–Crippen LogP) is 4.21. The van der Waals surface area contributed by atoms with Crippen molar-refractivity contribution in [2.24, 2.45) is 0 Å². The quantitative estimate of drug-likeness (QED) is 0.585. The van der Waals surface area contributed by atoms with Crippen LogP contribution in [0.25, 0.3) is 10.8 Å². The van der Waals surface area contributed by atoms with E-state index in [1.165, 1.54) is 11.8 Å². The molecule has 1 aliphatic rings. The summed E-state index contributed by atoms with van der Waals surface area (Å²) in [5, 5.41) is 14.5. The molecule has 0 spiro atoms. The van der Waals surface area contributed by atoms with Crippen molar-refractivity contribution < 1.29 is 14.3 Å². The van der Waals surface area contributed by atoms with Crippen LogP contribution in [0.5, 0.6) is 0 Å². The monoisotopic (exact) mass is 396 g/mol. The molecule has 1 atom stereocenters. The molecule has 0 heterocycles. The van der Waals surface area contributed by atoms with E-state index in [4.69, 9.17) is 4.74 Å². The topological polar surface area (TPSA) is 79.2 Å². The number of nitrogens with one attached hydrogen (secondary N) is 1. The van der Waals surface area contributed by atoms with Gasteiger partial charge in [0, 0.05) is 4.90 Å². The van der Waals surface area contributed by atoms with E-state index in [1.54, 1.807) is 6.92 Å². The highest BCUT2D eigenvalue weighted by molar-refractivity contribution is 8.00. The number of fused-ring (bicyclic) bond motifs is 1. The first kappa shape index (κ1) is 20.2. The van der Waals surface area contributed by atoms with Gasteiger partial charge in [-0.25, -0.2) is 0 Å². The molecule has 2 aromatic carbocycles. The molecule has 0 saturated heterocycles. The number of hydrogen-bond acceptors (Lipinski definition) is 5. The number of rotatable bonds is 6. The second-order valence-electron chi connectivity index (χ2n) is 7.17. The van der Waals surface area contributed by atoms with Crippen molar-refractivity contribution in [2.45, 2.75) is 55.6 Å². The van der Waals surface area contributed by atoms with Crippen molar-refractivity contribution in [1.82, 2.24) is 5.32 Å². The number of nitriles is 1. The van der Waals surface area contributed by atoms with E-state index in [1.807, 2.05) is 42.5 Å². The SMILES string of the molecule is C[C@H](OC(=O)CSc1ccc2ccccc2c1)C(=O)NC1(C#N)CCCCC1. The van der Waals surface area contributed by atoms with Crippen molar-refractivity contribution in [3.05, 3.63) is 42.5 Å². The first-order valence-corrected chi connectivity index (χ1v) is 10.5. The first-order chi connectivity index (χ1) is 13.5. The van der Waals surface area contributed by atoms with Gasteiger partial charge in [-0.3, -0.25) is 9.59 Å². The van der Waals surface area contributed by atoms with Crippen LogP contribution in [-0.4, -0.2) is 29.3 Å². The molecule has 146 valence electrons. The highest BCUT2D eigenvalue weighted by atomic mass is 32.2. The van der Waals surface area contributed by atoms with Gasteiger partial charge in [0.15, 0.2) is 6.10 Å². The smallest absolute Gasteiger partial charge is 0.317 e. The van der Waals surface area contributed by atoms with Crippen molar-refractivity contribution in [3.8, 4) is 6.07 Å². The molecular weight excluding hydrogens is 372 g/mol. The Labute approximate surface area is 169 Å². The van der Waals surface area contributed by atoms with Crippen LogP contribution < -0.4 is 5.32 Å². The lowest BCUT2D eigenvalue weighted by Gasteiger charge is -2.32. The number of hydrogen-bond donors (Lipinski definition) is 1. The van der Waals surface area contributed by atoms with Crippen LogP contribution in [-0.2, 0) is 14.3 Å². The molecule has 1 aliphatic carbocycles. The van der Waals surface area contributed by atoms with Gasteiger partial charge in [-0.15, -0.1) is 11.8 Å². The summed E-state index contributed by atoms with van der Waals surface area (Å²) in [4.78, 5) is 25.5. The van der Waals surface area contributed by atoms with Crippen molar-refractivity contribution >= 4 is 34.4 Å². The summed E-state index contributed by atoms with van der Waals surface area (Å²) in [7, 11) is 0. The van der Waals surface area contributed by atoms with Gasteiger partial charge >= 0.3 is 5.97 Å². The summed E-state index contributed by atoms with van der Waals surface area (Å²) >= 11 is 1.38. The van der Waals surface area contributed by atoms with Crippen molar-refractivity contribution in [2.75, 3.05) is 5.75 Å². The van der Waals surface area contributed by atoms with Crippen LogP contribution in [0.1, 0.15) is 39.0 Å². The fraction of sp³-hybridized carbons (Fsp3) is 0.409. The number of amides is 1. The molecule has 0 radical (unpaired) electrons. The molecule has 0 unspecified atom stereocenters. The van der Waals surface area contributed by atoms with Gasteiger partial charge in [-0.2, -0.15) is 5.26 Å². The Balaban J connectivity index is 1.50. The zero-order chi connectivity index (χ0) is 20.0. The fourth-order valence-corrected chi connectivity index (χ4v) is 4.17. The van der Waals surface area contributed by atoms with Crippen LogP contribution in [0.15, 0.2) is 47.4 Å². The minimum absolute atomic E-state index is 0.124. The Morgan fingerprint density at radius 1 is 1.18 bits per heavy atom. The molecule has 1 fully saturated rings. The number of ether oxygens (including phenoxy) is 1. The van der Waals surface area contributed by atoms with Gasteiger partial charge in [0.05, 0.1) is 11.8 Å². The Bertz CT molecular complexity index is 900.